The minimum absolute atomic E-state index is 0.192. The molecule has 0 radical (unpaired) electrons. The highest BCUT2D eigenvalue weighted by atomic mass is 19.2. The predicted octanol–water partition coefficient (Wildman–Crippen LogP) is 4.57. The van der Waals surface area contributed by atoms with E-state index in [0.717, 1.165) is 17.3 Å². The van der Waals surface area contributed by atoms with Crippen LogP contribution in [-0.4, -0.2) is 55.3 Å². The number of pyridine rings is 1. The molecule has 2 unspecified atom stereocenters. The van der Waals surface area contributed by atoms with E-state index in [1.165, 1.54) is 6.07 Å². The lowest BCUT2D eigenvalue weighted by Gasteiger charge is -2.21. The Bertz CT molecular complexity index is 1140. The molecule has 0 aliphatic carbocycles. The van der Waals surface area contributed by atoms with Crippen molar-refractivity contribution in [2.24, 2.45) is 0 Å². The Labute approximate surface area is 198 Å². The summed E-state index contributed by atoms with van der Waals surface area (Å²) in [5, 5.41) is 5.96. The number of benzene rings is 2. The van der Waals surface area contributed by atoms with Crippen LogP contribution in [0.4, 0.5) is 19.3 Å². The summed E-state index contributed by atoms with van der Waals surface area (Å²) in [5.41, 5.74) is 3.65. The highest BCUT2D eigenvalue weighted by Gasteiger charge is 2.35. The number of aryl methyl sites for hydroxylation is 1. The van der Waals surface area contributed by atoms with Gasteiger partial charge >= 0.3 is 6.03 Å². The van der Waals surface area contributed by atoms with Gasteiger partial charge in [0.2, 0.25) is 0 Å². The van der Waals surface area contributed by atoms with Crippen LogP contribution in [0.15, 0.2) is 60.7 Å². The molecule has 0 saturated carbocycles. The first-order chi connectivity index (χ1) is 16.4. The average Bonchev–Trinajstić information content (AvgIpc) is 3.23. The number of rotatable bonds is 7. The zero-order chi connectivity index (χ0) is 24.1. The third-order valence-electron chi connectivity index (χ3n) is 6.03. The van der Waals surface area contributed by atoms with E-state index in [1.807, 2.05) is 49.4 Å². The van der Waals surface area contributed by atoms with Gasteiger partial charge in [-0.15, -0.1) is 0 Å². The number of halogens is 2. The van der Waals surface area contributed by atoms with Gasteiger partial charge in [-0.25, -0.2) is 13.6 Å². The van der Waals surface area contributed by atoms with Crippen molar-refractivity contribution in [2.45, 2.75) is 18.9 Å². The molecule has 0 bridgehead atoms. The first-order valence-electron chi connectivity index (χ1n) is 11.2. The van der Waals surface area contributed by atoms with E-state index in [2.05, 4.69) is 20.5 Å². The molecule has 4 rings (SSSR count). The number of methoxy groups -OCH3 is 1. The summed E-state index contributed by atoms with van der Waals surface area (Å²) in [5.74, 6) is -1.97. The number of ether oxygens (including phenoxy) is 1. The second-order valence-electron chi connectivity index (χ2n) is 8.45. The molecule has 1 aromatic heterocycles. The SMILES string of the molecule is COCCN1CC(NC(=O)Nc2ccc(C)nc2-c2ccccc2)C(c2ccc(F)c(F)c2)C1. The molecule has 2 atom stereocenters. The minimum atomic E-state index is -0.894. The van der Waals surface area contributed by atoms with E-state index in [-0.39, 0.29) is 18.0 Å². The predicted molar refractivity (Wildman–Crippen MR) is 128 cm³/mol. The molecule has 178 valence electrons. The van der Waals surface area contributed by atoms with Gasteiger partial charge in [0, 0.05) is 43.9 Å². The molecule has 2 amide bonds. The quantitative estimate of drug-likeness (QED) is 0.535. The Hall–Kier alpha value is -3.36. The zero-order valence-electron chi connectivity index (χ0n) is 19.2. The van der Waals surface area contributed by atoms with E-state index < -0.39 is 11.6 Å². The number of hydrogen-bond acceptors (Lipinski definition) is 4. The zero-order valence-corrected chi connectivity index (χ0v) is 19.2. The van der Waals surface area contributed by atoms with E-state index >= 15 is 0 Å². The molecule has 0 spiro atoms. The maximum Gasteiger partial charge on any atom is 0.319 e. The molecule has 1 aliphatic heterocycles. The minimum Gasteiger partial charge on any atom is -0.383 e. The van der Waals surface area contributed by atoms with Crippen molar-refractivity contribution in [2.75, 3.05) is 38.7 Å². The third kappa shape index (κ3) is 5.58. The van der Waals surface area contributed by atoms with E-state index in [1.54, 1.807) is 13.2 Å². The highest BCUT2D eigenvalue weighted by Crippen LogP contribution is 2.30. The fraction of sp³-hybridized carbons (Fsp3) is 0.308. The lowest BCUT2D eigenvalue weighted by Crippen LogP contribution is -2.42. The maximum absolute atomic E-state index is 13.9. The number of nitrogens with zero attached hydrogens (tertiary/aromatic N) is 2. The fourth-order valence-corrected chi connectivity index (χ4v) is 4.32. The molecule has 34 heavy (non-hydrogen) atoms. The Morgan fingerprint density at radius 3 is 2.62 bits per heavy atom. The summed E-state index contributed by atoms with van der Waals surface area (Å²) < 4.78 is 32.6. The largest absolute Gasteiger partial charge is 0.383 e. The first kappa shape index (κ1) is 23.8. The second kappa shape index (κ2) is 10.7. The number of aromatic nitrogens is 1. The van der Waals surface area contributed by atoms with Crippen LogP contribution in [0.5, 0.6) is 0 Å². The molecule has 2 N–H and O–H groups in total. The molecule has 1 aliphatic rings. The second-order valence-corrected chi connectivity index (χ2v) is 8.45. The van der Waals surface area contributed by atoms with Gasteiger partial charge in [0.1, 0.15) is 0 Å². The number of amides is 2. The monoisotopic (exact) mass is 466 g/mol. The van der Waals surface area contributed by atoms with Gasteiger partial charge in [-0.05, 0) is 36.8 Å². The van der Waals surface area contributed by atoms with Crippen LogP contribution >= 0.6 is 0 Å². The van der Waals surface area contributed by atoms with Crippen LogP contribution in [0.2, 0.25) is 0 Å². The molecular formula is C26H28F2N4O2. The summed E-state index contributed by atoms with van der Waals surface area (Å²) in [6, 6.07) is 16.6. The number of carbonyl (C=O) groups excluding carboxylic acids is 1. The average molecular weight is 467 g/mol. The molecular weight excluding hydrogens is 438 g/mol. The van der Waals surface area contributed by atoms with Gasteiger partial charge in [0.05, 0.1) is 24.0 Å². The van der Waals surface area contributed by atoms with Crippen LogP contribution < -0.4 is 10.6 Å². The lowest BCUT2D eigenvalue weighted by molar-refractivity contribution is 0.159. The molecule has 6 nitrogen and oxygen atoms in total. The van der Waals surface area contributed by atoms with Gasteiger partial charge < -0.3 is 15.4 Å². The van der Waals surface area contributed by atoms with Crippen LogP contribution in [-0.2, 0) is 4.74 Å². The van der Waals surface area contributed by atoms with Gasteiger partial charge in [0.25, 0.3) is 0 Å². The summed E-state index contributed by atoms with van der Waals surface area (Å²) >= 11 is 0. The normalized spacial score (nSPS) is 18.1. The van der Waals surface area contributed by atoms with Crippen molar-refractivity contribution in [3.63, 3.8) is 0 Å². The summed E-state index contributed by atoms with van der Waals surface area (Å²) in [6.07, 6.45) is 0. The Morgan fingerprint density at radius 1 is 1.09 bits per heavy atom. The number of hydrogen-bond donors (Lipinski definition) is 2. The third-order valence-corrected chi connectivity index (χ3v) is 6.03. The Kier molecular flexibility index (Phi) is 7.49. The van der Waals surface area contributed by atoms with Gasteiger partial charge in [-0.3, -0.25) is 9.88 Å². The summed E-state index contributed by atoms with van der Waals surface area (Å²) in [7, 11) is 1.63. The van der Waals surface area contributed by atoms with Crippen LogP contribution in [0.25, 0.3) is 11.3 Å². The van der Waals surface area contributed by atoms with Crippen molar-refractivity contribution >= 4 is 11.7 Å². The van der Waals surface area contributed by atoms with Crippen LogP contribution in [0.3, 0.4) is 0 Å². The molecule has 2 aromatic carbocycles. The number of nitrogens with one attached hydrogen (secondary N) is 2. The van der Waals surface area contributed by atoms with Crippen LogP contribution in [0, 0.1) is 18.6 Å². The van der Waals surface area contributed by atoms with Crippen molar-refractivity contribution < 1.29 is 18.3 Å². The smallest absolute Gasteiger partial charge is 0.319 e. The van der Waals surface area contributed by atoms with E-state index in [0.29, 0.717) is 43.2 Å². The molecule has 8 heteroatoms. The van der Waals surface area contributed by atoms with Gasteiger partial charge in [-0.1, -0.05) is 36.4 Å². The van der Waals surface area contributed by atoms with Crippen molar-refractivity contribution in [1.82, 2.24) is 15.2 Å². The Morgan fingerprint density at radius 2 is 1.88 bits per heavy atom. The maximum atomic E-state index is 13.9. The molecule has 1 fully saturated rings. The van der Waals surface area contributed by atoms with Crippen molar-refractivity contribution in [1.29, 1.82) is 0 Å². The summed E-state index contributed by atoms with van der Waals surface area (Å²) in [4.78, 5) is 19.8. The van der Waals surface area contributed by atoms with Crippen molar-refractivity contribution in [3.05, 3.63) is 83.6 Å². The number of carbonyl (C=O) groups is 1. The van der Waals surface area contributed by atoms with Gasteiger partial charge in [-0.2, -0.15) is 0 Å². The molecule has 3 aromatic rings. The van der Waals surface area contributed by atoms with Crippen molar-refractivity contribution in [3.8, 4) is 11.3 Å². The number of likely N-dealkylation sites (tertiary alicyclic amines) is 1. The van der Waals surface area contributed by atoms with Gasteiger partial charge in [0.15, 0.2) is 11.6 Å². The fourth-order valence-electron chi connectivity index (χ4n) is 4.32. The number of urea groups is 1. The summed E-state index contributed by atoms with van der Waals surface area (Å²) in [6.45, 7) is 4.28. The highest BCUT2D eigenvalue weighted by molar-refractivity contribution is 5.93. The van der Waals surface area contributed by atoms with E-state index in [4.69, 9.17) is 4.74 Å². The molecule has 2 heterocycles. The number of anilines is 1. The lowest BCUT2D eigenvalue weighted by atomic mass is 9.94. The Balaban J connectivity index is 1.53. The topological polar surface area (TPSA) is 66.5 Å². The van der Waals surface area contributed by atoms with E-state index in [9.17, 15) is 13.6 Å². The molecule has 1 saturated heterocycles. The standard InChI is InChI=1S/C26H28F2N4O2/c1-17-8-11-23(25(29-17)18-6-4-3-5-7-18)30-26(33)31-24-16-32(12-13-34-2)15-20(24)19-9-10-21(27)22(28)14-19/h3-11,14,20,24H,12-13,15-16H2,1-2H3,(H2,30,31,33). The van der Waals surface area contributed by atoms with Crippen LogP contribution in [0.1, 0.15) is 17.2 Å². The first-order valence-corrected chi connectivity index (χ1v) is 11.2.